The third-order valence-corrected chi connectivity index (χ3v) is 4.33. The van der Waals surface area contributed by atoms with Gasteiger partial charge in [0.15, 0.2) is 0 Å². The lowest BCUT2D eigenvalue weighted by molar-refractivity contribution is -0.120. The van der Waals surface area contributed by atoms with Gasteiger partial charge in [0.2, 0.25) is 5.91 Å². The summed E-state index contributed by atoms with van der Waals surface area (Å²) in [7, 11) is 1.56. The van der Waals surface area contributed by atoms with E-state index in [1.54, 1.807) is 7.05 Å². The highest BCUT2D eigenvalue weighted by Gasteiger charge is 2.22. The average Bonchev–Trinajstić information content (AvgIpc) is 2.59. The molecule has 0 atom stereocenters. The van der Waals surface area contributed by atoms with E-state index in [0.29, 0.717) is 5.71 Å². The van der Waals surface area contributed by atoms with Crippen molar-refractivity contribution in [3.63, 3.8) is 0 Å². The van der Waals surface area contributed by atoms with Crippen LogP contribution in [0.3, 0.4) is 0 Å². The second-order valence-electron chi connectivity index (χ2n) is 6.03. The van der Waals surface area contributed by atoms with Crippen molar-refractivity contribution in [2.75, 3.05) is 19.0 Å². The maximum Gasteiger partial charge on any atom is 0.430 e. The molecule has 0 spiro atoms. The highest BCUT2D eigenvalue weighted by molar-refractivity contribution is 6.04. The summed E-state index contributed by atoms with van der Waals surface area (Å²) < 4.78 is 5.02. The van der Waals surface area contributed by atoms with E-state index in [9.17, 15) is 9.59 Å². The van der Waals surface area contributed by atoms with Crippen LogP contribution in [0.4, 0.5) is 10.5 Å². The van der Waals surface area contributed by atoms with Gasteiger partial charge < -0.3 is 10.1 Å². The molecule has 1 saturated carbocycles. The van der Waals surface area contributed by atoms with Gasteiger partial charge in [0, 0.05) is 24.2 Å². The highest BCUT2D eigenvalue weighted by Crippen LogP contribution is 2.25. The van der Waals surface area contributed by atoms with Gasteiger partial charge in [-0.2, -0.15) is 5.10 Å². The van der Waals surface area contributed by atoms with Gasteiger partial charge in [-0.05, 0) is 25.0 Å². The number of cyclic esters (lactones) is 1. The van der Waals surface area contributed by atoms with Crippen molar-refractivity contribution in [2.24, 2.45) is 11.0 Å². The number of rotatable bonds is 3. The largest absolute Gasteiger partial charge is 0.442 e. The smallest absolute Gasteiger partial charge is 0.430 e. The molecule has 1 aliphatic heterocycles. The molecule has 0 radical (unpaired) electrons. The quantitative estimate of drug-likeness (QED) is 0.932. The fraction of sp³-hybridized carbons (Fsp3) is 0.471. The molecule has 1 aromatic carbocycles. The zero-order valence-electron chi connectivity index (χ0n) is 13.2. The second-order valence-corrected chi connectivity index (χ2v) is 6.03. The zero-order chi connectivity index (χ0) is 16.2. The first-order valence-corrected chi connectivity index (χ1v) is 8.03. The maximum absolute atomic E-state index is 12.2. The molecule has 3 rings (SSSR count). The Kier molecular flexibility index (Phi) is 4.60. The number of nitrogens with zero attached hydrogens (tertiary/aromatic N) is 2. The molecule has 1 aromatic rings. The Balaban J connectivity index is 1.64. The van der Waals surface area contributed by atoms with E-state index in [2.05, 4.69) is 10.4 Å². The predicted octanol–water partition coefficient (Wildman–Crippen LogP) is 2.99. The van der Waals surface area contributed by atoms with Gasteiger partial charge in [-0.3, -0.25) is 4.79 Å². The number of carbonyl (C=O) groups excluding carboxylic acids is 2. The van der Waals surface area contributed by atoms with Crippen LogP contribution in [0.15, 0.2) is 29.4 Å². The summed E-state index contributed by atoms with van der Waals surface area (Å²) in [4.78, 5) is 23.5. The molecule has 2 aliphatic rings. The lowest BCUT2D eigenvalue weighted by Crippen LogP contribution is -2.32. The van der Waals surface area contributed by atoms with E-state index in [4.69, 9.17) is 4.74 Å². The summed E-state index contributed by atoms with van der Waals surface area (Å²) in [5.74, 6) is 0.250. The number of amides is 2. The van der Waals surface area contributed by atoms with Crippen molar-refractivity contribution in [1.82, 2.24) is 5.01 Å². The summed E-state index contributed by atoms with van der Waals surface area (Å²) in [6, 6.07) is 7.47. The zero-order valence-corrected chi connectivity index (χ0v) is 13.2. The number of hydrogen-bond donors (Lipinski definition) is 1. The molecule has 1 fully saturated rings. The van der Waals surface area contributed by atoms with Crippen LogP contribution in [0.25, 0.3) is 0 Å². The molecule has 6 nitrogen and oxygen atoms in total. The Morgan fingerprint density at radius 2 is 1.91 bits per heavy atom. The molecular weight excluding hydrogens is 294 g/mol. The lowest BCUT2D eigenvalue weighted by atomic mass is 9.88. The summed E-state index contributed by atoms with van der Waals surface area (Å²) >= 11 is 0. The number of benzene rings is 1. The molecule has 1 N–H and O–H groups in total. The van der Waals surface area contributed by atoms with Crippen LogP contribution < -0.4 is 5.32 Å². The maximum atomic E-state index is 12.2. The van der Waals surface area contributed by atoms with Crippen molar-refractivity contribution in [2.45, 2.75) is 32.1 Å². The van der Waals surface area contributed by atoms with Crippen molar-refractivity contribution in [3.05, 3.63) is 29.8 Å². The van der Waals surface area contributed by atoms with Crippen LogP contribution in [-0.4, -0.2) is 36.4 Å². The van der Waals surface area contributed by atoms with Gasteiger partial charge in [0.1, 0.15) is 12.3 Å². The van der Waals surface area contributed by atoms with Crippen molar-refractivity contribution in [1.29, 1.82) is 0 Å². The fourth-order valence-electron chi connectivity index (χ4n) is 2.97. The van der Waals surface area contributed by atoms with E-state index in [1.807, 2.05) is 24.3 Å². The van der Waals surface area contributed by atoms with Gasteiger partial charge in [-0.15, -0.1) is 0 Å². The number of hydrazone groups is 1. The lowest BCUT2D eigenvalue weighted by Gasteiger charge is -2.21. The molecule has 6 heteroatoms. The number of ether oxygens (including phenoxy) is 1. The normalized spacial score (nSPS) is 19.1. The Hall–Kier alpha value is -2.37. The van der Waals surface area contributed by atoms with Gasteiger partial charge in [0.25, 0.3) is 0 Å². The molecule has 23 heavy (non-hydrogen) atoms. The molecule has 0 unspecified atom stereocenters. The number of nitrogens with one attached hydrogen (secondary N) is 1. The molecule has 1 aliphatic carbocycles. The summed E-state index contributed by atoms with van der Waals surface area (Å²) in [6.45, 7) is 0.164. The standard InChI is InChI=1S/C17H21N3O3/c1-20-17(22)23-11-15(19-20)12-7-9-14(10-8-12)18-16(21)13-5-3-2-4-6-13/h7-10,13H,2-6,11H2,1H3,(H,18,21). The number of anilines is 1. The van der Waals surface area contributed by atoms with Crippen LogP contribution in [0, 0.1) is 5.92 Å². The van der Waals surface area contributed by atoms with E-state index in [0.717, 1.165) is 36.9 Å². The first-order valence-electron chi connectivity index (χ1n) is 8.03. The van der Waals surface area contributed by atoms with Crippen LogP contribution in [-0.2, 0) is 9.53 Å². The van der Waals surface area contributed by atoms with Crippen LogP contribution in [0.1, 0.15) is 37.7 Å². The van der Waals surface area contributed by atoms with Crippen LogP contribution >= 0.6 is 0 Å². The predicted molar refractivity (Wildman–Crippen MR) is 87.3 cm³/mol. The van der Waals surface area contributed by atoms with E-state index in [-0.39, 0.29) is 18.4 Å². The van der Waals surface area contributed by atoms with E-state index in [1.165, 1.54) is 11.4 Å². The van der Waals surface area contributed by atoms with Gasteiger partial charge in [-0.25, -0.2) is 9.80 Å². The molecule has 0 bridgehead atoms. The van der Waals surface area contributed by atoms with Gasteiger partial charge in [0.05, 0.1) is 0 Å². The van der Waals surface area contributed by atoms with E-state index >= 15 is 0 Å². The average molecular weight is 315 g/mol. The Morgan fingerprint density at radius 3 is 2.57 bits per heavy atom. The Bertz CT molecular complexity index is 618. The minimum absolute atomic E-state index is 0.112. The Labute approximate surface area is 135 Å². The molecule has 2 amide bonds. The van der Waals surface area contributed by atoms with Gasteiger partial charge >= 0.3 is 6.09 Å². The Morgan fingerprint density at radius 1 is 1.22 bits per heavy atom. The minimum Gasteiger partial charge on any atom is -0.442 e. The van der Waals surface area contributed by atoms with Crippen molar-refractivity contribution >= 4 is 23.4 Å². The molecule has 0 aromatic heterocycles. The molecule has 122 valence electrons. The molecule has 0 saturated heterocycles. The molecule has 1 heterocycles. The monoisotopic (exact) mass is 315 g/mol. The van der Waals surface area contributed by atoms with Crippen molar-refractivity contribution in [3.8, 4) is 0 Å². The topological polar surface area (TPSA) is 71.0 Å². The molecular formula is C17H21N3O3. The first kappa shape index (κ1) is 15.5. The van der Waals surface area contributed by atoms with Crippen molar-refractivity contribution < 1.29 is 14.3 Å². The number of hydrogen-bond acceptors (Lipinski definition) is 4. The summed E-state index contributed by atoms with van der Waals surface area (Å²) in [5, 5.41) is 8.35. The summed E-state index contributed by atoms with van der Waals surface area (Å²) in [6.07, 6.45) is 5.04. The van der Waals surface area contributed by atoms with Gasteiger partial charge in [-0.1, -0.05) is 31.4 Å². The third kappa shape index (κ3) is 3.70. The SMILES string of the molecule is CN1N=C(c2ccc(NC(=O)C3CCCCC3)cc2)COC1=O. The van der Waals surface area contributed by atoms with Crippen LogP contribution in [0.2, 0.25) is 0 Å². The first-order chi connectivity index (χ1) is 11.1. The summed E-state index contributed by atoms with van der Waals surface area (Å²) in [5.41, 5.74) is 2.35. The highest BCUT2D eigenvalue weighted by atomic mass is 16.6. The second kappa shape index (κ2) is 6.81. The van der Waals surface area contributed by atoms with E-state index < -0.39 is 6.09 Å². The third-order valence-electron chi connectivity index (χ3n) is 4.33. The fourth-order valence-corrected chi connectivity index (χ4v) is 2.97. The number of carbonyl (C=O) groups is 2. The van der Waals surface area contributed by atoms with Crippen LogP contribution in [0.5, 0.6) is 0 Å². The minimum atomic E-state index is -0.454.